The number of hydrogen-bond acceptors (Lipinski definition) is 2. The molecule has 0 saturated heterocycles. The van der Waals surface area contributed by atoms with E-state index in [0.717, 1.165) is 30.5 Å². The summed E-state index contributed by atoms with van der Waals surface area (Å²) in [5.74, 6) is 0.150. The van der Waals surface area contributed by atoms with Gasteiger partial charge in [0.1, 0.15) is 0 Å². The van der Waals surface area contributed by atoms with Gasteiger partial charge in [0.05, 0.1) is 6.04 Å². The number of rotatable bonds is 2. The Balaban J connectivity index is 1.66. The molecule has 0 spiro atoms. The van der Waals surface area contributed by atoms with Gasteiger partial charge in [-0.15, -0.1) is 0 Å². The fourth-order valence-corrected chi connectivity index (χ4v) is 3.53. The van der Waals surface area contributed by atoms with Crippen molar-refractivity contribution in [2.45, 2.75) is 25.3 Å². The summed E-state index contributed by atoms with van der Waals surface area (Å²) in [6, 6.07) is 11.7. The smallest absolute Gasteiger partial charge is 0.287 e. The van der Waals surface area contributed by atoms with E-state index in [1.54, 1.807) is 12.1 Å². The summed E-state index contributed by atoms with van der Waals surface area (Å²) >= 11 is 3.22. The van der Waals surface area contributed by atoms with Crippen LogP contribution in [-0.2, 0) is 6.42 Å². The Hall–Kier alpha value is -2.01. The number of fused-ring (bicyclic) bond motifs is 3. The average Bonchev–Trinajstić information content (AvgIpc) is 3.12. The van der Waals surface area contributed by atoms with E-state index in [4.69, 9.17) is 4.42 Å². The van der Waals surface area contributed by atoms with Gasteiger partial charge in [0, 0.05) is 16.6 Å². The minimum Gasteiger partial charge on any atom is -0.444 e. The Bertz CT molecular complexity index is 849. The van der Waals surface area contributed by atoms with Gasteiger partial charge in [0.2, 0.25) is 0 Å². The predicted octanol–water partition coefficient (Wildman–Crippen LogP) is 4.33. The lowest BCUT2D eigenvalue weighted by Gasteiger charge is -2.23. The highest BCUT2D eigenvalue weighted by Gasteiger charge is 2.26. The van der Waals surface area contributed by atoms with Crippen LogP contribution >= 0.6 is 15.9 Å². The zero-order valence-electron chi connectivity index (χ0n) is 11.9. The maximum absolute atomic E-state index is 12.3. The number of carbonyl (C=O) groups excluding carboxylic acids is 1. The number of amides is 1. The first-order valence-electron chi connectivity index (χ1n) is 7.38. The van der Waals surface area contributed by atoms with E-state index >= 15 is 0 Å². The van der Waals surface area contributed by atoms with Crippen molar-refractivity contribution in [1.29, 1.82) is 0 Å². The highest BCUT2D eigenvalue weighted by atomic mass is 79.9. The van der Waals surface area contributed by atoms with Crippen molar-refractivity contribution in [3.8, 4) is 0 Å². The highest BCUT2D eigenvalue weighted by molar-refractivity contribution is 9.10. The second kappa shape index (κ2) is 5.32. The van der Waals surface area contributed by atoms with Gasteiger partial charge in [-0.05, 0) is 59.0 Å². The number of benzene rings is 1. The average molecular weight is 359 g/mol. The van der Waals surface area contributed by atoms with Crippen molar-refractivity contribution >= 4 is 32.7 Å². The Morgan fingerprint density at radius 1 is 1.27 bits per heavy atom. The molecule has 0 bridgehead atoms. The third kappa shape index (κ3) is 2.25. The molecule has 22 heavy (non-hydrogen) atoms. The first-order chi connectivity index (χ1) is 10.7. The summed E-state index contributed by atoms with van der Waals surface area (Å²) in [4.78, 5) is 15.8. The molecule has 1 aliphatic carbocycles. The number of nitrogens with one attached hydrogen (secondary N) is 2. The molecule has 2 aromatic heterocycles. The molecule has 0 aliphatic heterocycles. The summed E-state index contributed by atoms with van der Waals surface area (Å²) in [5, 5.41) is 4.34. The Labute approximate surface area is 136 Å². The largest absolute Gasteiger partial charge is 0.444 e. The van der Waals surface area contributed by atoms with E-state index < -0.39 is 0 Å². The Morgan fingerprint density at radius 2 is 2.14 bits per heavy atom. The maximum atomic E-state index is 12.3. The molecule has 112 valence electrons. The Morgan fingerprint density at radius 3 is 2.95 bits per heavy atom. The van der Waals surface area contributed by atoms with E-state index in [9.17, 15) is 4.79 Å². The molecule has 4 rings (SSSR count). The second-order valence-electron chi connectivity index (χ2n) is 5.58. The number of hydrogen-bond donors (Lipinski definition) is 2. The molecule has 3 aromatic rings. The molecular formula is C17H15BrN2O2. The normalized spacial score (nSPS) is 17.4. The van der Waals surface area contributed by atoms with Crippen LogP contribution in [-0.4, -0.2) is 10.9 Å². The molecule has 1 unspecified atom stereocenters. The van der Waals surface area contributed by atoms with Crippen molar-refractivity contribution in [3.63, 3.8) is 0 Å². The van der Waals surface area contributed by atoms with Gasteiger partial charge in [-0.3, -0.25) is 4.79 Å². The van der Waals surface area contributed by atoms with Crippen molar-refractivity contribution in [1.82, 2.24) is 10.3 Å². The number of aryl methyl sites for hydroxylation is 1. The number of halogens is 1. The third-order valence-electron chi connectivity index (χ3n) is 4.22. The zero-order valence-corrected chi connectivity index (χ0v) is 13.4. The second-order valence-corrected chi connectivity index (χ2v) is 6.37. The summed E-state index contributed by atoms with van der Waals surface area (Å²) < 4.78 is 5.89. The lowest BCUT2D eigenvalue weighted by Crippen LogP contribution is -2.30. The predicted molar refractivity (Wildman–Crippen MR) is 87.9 cm³/mol. The van der Waals surface area contributed by atoms with Crippen molar-refractivity contribution < 1.29 is 9.21 Å². The fraction of sp³-hybridized carbons (Fsp3) is 0.235. The molecule has 1 amide bonds. The number of aromatic nitrogens is 1. The molecule has 0 radical (unpaired) electrons. The lowest BCUT2D eigenvalue weighted by atomic mass is 9.91. The molecule has 1 aromatic carbocycles. The van der Waals surface area contributed by atoms with Gasteiger partial charge < -0.3 is 14.7 Å². The molecule has 5 heteroatoms. The highest BCUT2D eigenvalue weighted by Crippen LogP contribution is 2.34. The molecule has 2 N–H and O–H groups in total. The van der Waals surface area contributed by atoms with Crippen LogP contribution in [0.1, 0.15) is 40.7 Å². The quantitative estimate of drug-likeness (QED) is 0.716. The standard InChI is InChI=1S/C17H15BrN2O2/c18-15-9-8-14(22-15)17(21)20-13-7-3-5-11-10-4-1-2-6-12(10)19-16(11)13/h1-2,4,6,8-9,13,19H,3,5,7H2,(H,20,21). The summed E-state index contributed by atoms with van der Waals surface area (Å²) in [6.45, 7) is 0. The Kier molecular flexibility index (Phi) is 3.30. The van der Waals surface area contributed by atoms with E-state index in [1.807, 2.05) is 6.07 Å². The van der Waals surface area contributed by atoms with Crippen LogP contribution in [0.25, 0.3) is 10.9 Å². The number of furan rings is 1. The van der Waals surface area contributed by atoms with Crippen molar-refractivity contribution in [3.05, 3.63) is 58.1 Å². The van der Waals surface area contributed by atoms with Gasteiger partial charge in [-0.1, -0.05) is 18.2 Å². The molecule has 1 aliphatic rings. The third-order valence-corrected chi connectivity index (χ3v) is 4.64. The zero-order chi connectivity index (χ0) is 15.1. The number of H-pyrrole nitrogens is 1. The van der Waals surface area contributed by atoms with Gasteiger partial charge in [0.15, 0.2) is 10.4 Å². The summed E-state index contributed by atoms with van der Waals surface area (Å²) in [7, 11) is 0. The molecule has 1 atom stereocenters. The topological polar surface area (TPSA) is 58.0 Å². The lowest BCUT2D eigenvalue weighted by molar-refractivity contribution is 0.0902. The van der Waals surface area contributed by atoms with Crippen molar-refractivity contribution in [2.24, 2.45) is 0 Å². The minimum absolute atomic E-state index is 0.00697. The van der Waals surface area contributed by atoms with Crippen LogP contribution < -0.4 is 5.32 Å². The minimum atomic E-state index is -0.179. The molecule has 0 fully saturated rings. The monoisotopic (exact) mass is 358 g/mol. The fourth-order valence-electron chi connectivity index (χ4n) is 3.22. The molecule has 4 nitrogen and oxygen atoms in total. The van der Waals surface area contributed by atoms with Gasteiger partial charge in [-0.25, -0.2) is 0 Å². The van der Waals surface area contributed by atoms with Crippen LogP contribution in [0.2, 0.25) is 0 Å². The maximum Gasteiger partial charge on any atom is 0.287 e. The first-order valence-corrected chi connectivity index (χ1v) is 8.17. The summed E-state index contributed by atoms with van der Waals surface area (Å²) in [6.07, 6.45) is 3.06. The van der Waals surface area contributed by atoms with Gasteiger partial charge in [0.25, 0.3) is 5.91 Å². The number of carbonyl (C=O) groups is 1. The van der Waals surface area contributed by atoms with Crippen LogP contribution in [0.4, 0.5) is 0 Å². The van der Waals surface area contributed by atoms with Crippen LogP contribution in [0.5, 0.6) is 0 Å². The van der Waals surface area contributed by atoms with E-state index in [0.29, 0.717) is 10.4 Å². The van der Waals surface area contributed by atoms with E-state index in [2.05, 4.69) is 44.4 Å². The van der Waals surface area contributed by atoms with Crippen LogP contribution in [0.3, 0.4) is 0 Å². The number of aromatic amines is 1. The van der Waals surface area contributed by atoms with Crippen molar-refractivity contribution in [2.75, 3.05) is 0 Å². The van der Waals surface area contributed by atoms with E-state index in [1.165, 1.54) is 10.9 Å². The summed E-state index contributed by atoms with van der Waals surface area (Å²) in [5.41, 5.74) is 3.59. The van der Waals surface area contributed by atoms with E-state index in [-0.39, 0.29) is 11.9 Å². The van der Waals surface area contributed by atoms with Gasteiger partial charge >= 0.3 is 0 Å². The molecule has 0 saturated carbocycles. The number of para-hydroxylation sites is 1. The van der Waals surface area contributed by atoms with Gasteiger partial charge in [-0.2, -0.15) is 0 Å². The molecule has 2 heterocycles. The van der Waals surface area contributed by atoms with Crippen LogP contribution in [0, 0.1) is 0 Å². The first kappa shape index (κ1) is 13.6. The SMILES string of the molecule is O=C(NC1CCCc2c1[nH]c1ccccc21)c1ccc(Br)o1. The van der Waals surface area contributed by atoms with Crippen LogP contribution in [0.15, 0.2) is 45.5 Å². The molecular weight excluding hydrogens is 344 g/mol.